The van der Waals surface area contributed by atoms with Gasteiger partial charge in [0.2, 0.25) is 5.91 Å². The Labute approximate surface area is 404 Å². The van der Waals surface area contributed by atoms with Crippen molar-refractivity contribution in [3.63, 3.8) is 0 Å². The second kappa shape index (κ2) is 45.0. The summed E-state index contributed by atoms with van der Waals surface area (Å²) in [6.07, 6.45) is 39.8. The molecule has 1 fully saturated rings. The lowest BCUT2D eigenvalue weighted by Gasteiger charge is -2.40. The molecule has 1 aliphatic rings. The van der Waals surface area contributed by atoms with Crippen molar-refractivity contribution in [1.82, 2.24) is 5.32 Å². The first-order chi connectivity index (χ1) is 32.2. The Kier molecular flexibility index (Phi) is 42.9. The van der Waals surface area contributed by atoms with Crippen LogP contribution in [0.1, 0.15) is 264 Å². The van der Waals surface area contributed by atoms with Crippen LogP contribution in [0.4, 0.5) is 0 Å². The van der Waals surface area contributed by atoms with Gasteiger partial charge in [-0.25, -0.2) is 0 Å². The molecule has 0 spiro atoms. The molecule has 1 saturated heterocycles. The average molecular weight is 942 g/mol. The number of carbonyl (C=O) groups is 1. The van der Waals surface area contributed by atoms with Crippen molar-refractivity contribution in [2.45, 2.75) is 319 Å². The van der Waals surface area contributed by atoms with Gasteiger partial charge in [-0.1, -0.05) is 238 Å². The summed E-state index contributed by atoms with van der Waals surface area (Å²) in [4.78, 5) is 13.1. The second-order valence-electron chi connectivity index (χ2n) is 20.0. The fourth-order valence-electron chi connectivity index (χ4n) is 9.21. The zero-order valence-corrected chi connectivity index (χ0v) is 42.7. The van der Waals surface area contributed by atoms with Gasteiger partial charge in [-0.15, -0.1) is 0 Å². The molecule has 0 radical (unpaired) electrons. The molecule has 8 N–H and O–H groups in total. The molecule has 1 rings (SSSR count). The van der Waals surface area contributed by atoms with Crippen molar-refractivity contribution < 1.29 is 50.0 Å². The minimum absolute atomic E-state index is 0.259. The van der Waals surface area contributed by atoms with Crippen LogP contribution in [0.25, 0.3) is 0 Å². The number of nitrogens with one attached hydrogen (secondary N) is 1. The molecule has 1 heterocycles. The minimum Gasteiger partial charge on any atom is -0.394 e. The molecule has 66 heavy (non-hydrogen) atoms. The predicted molar refractivity (Wildman–Crippen MR) is 270 cm³/mol. The summed E-state index contributed by atoms with van der Waals surface area (Å²) in [5, 5.41) is 76.0. The number of ether oxygens (including phenoxy) is 2. The van der Waals surface area contributed by atoms with Gasteiger partial charge in [-0.2, -0.15) is 0 Å². The summed E-state index contributed by atoms with van der Waals surface area (Å²) >= 11 is 0. The van der Waals surface area contributed by atoms with Crippen LogP contribution >= 0.6 is 0 Å². The molecular weight excluding hydrogens is 835 g/mol. The summed E-state index contributed by atoms with van der Waals surface area (Å²) in [7, 11) is 0. The standard InChI is InChI=1S/C55H107NO10/c1-3-5-7-9-11-13-15-17-19-21-22-23-24-25-26-27-29-30-32-34-36-38-40-42-47(58)50(60)46(45-65-55-53(63)52(62)51(61)49(44-57)66-55)56-54(64)48(59)43-41-39-37-35-33-31-28-20-18-16-14-12-10-8-6-4-2/h34,36,46-53,55,57-63H,3-33,35,37-45H2,1-2H3,(H,56,64)/b36-34+. The van der Waals surface area contributed by atoms with E-state index in [0.29, 0.717) is 12.8 Å². The van der Waals surface area contributed by atoms with E-state index < -0.39 is 74.2 Å². The maximum atomic E-state index is 13.1. The van der Waals surface area contributed by atoms with Crippen LogP contribution in [0.2, 0.25) is 0 Å². The number of aliphatic hydroxyl groups excluding tert-OH is 7. The van der Waals surface area contributed by atoms with Gasteiger partial charge < -0.3 is 50.5 Å². The molecule has 9 atom stereocenters. The SMILES string of the molecule is CCCCCCCCCCCCCCCCCCCC/C=C/CCCC(O)C(O)C(COC1OC(CO)C(O)C(O)C1O)NC(=O)C(O)CCCCCCCCCCCCCCCCCC. The summed E-state index contributed by atoms with van der Waals surface area (Å²) < 4.78 is 11.1. The van der Waals surface area contributed by atoms with E-state index in [1.165, 1.54) is 186 Å². The zero-order valence-electron chi connectivity index (χ0n) is 42.7. The highest BCUT2D eigenvalue weighted by Gasteiger charge is 2.44. The third-order valence-electron chi connectivity index (χ3n) is 13.8. The molecule has 11 nitrogen and oxygen atoms in total. The maximum Gasteiger partial charge on any atom is 0.249 e. The normalized spacial score (nSPS) is 20.8. The third kappa shape index (κ3) is 33.4. The number of aliphatic hydroxyl groups is 7. The van der Waals surface area contributed by atoms with E-state index in [1.54, 1.807) is 0 Å². The Morgan fingerprint density at radius 1 is 0.515 bits per heavy atom. The molecule has 0 aromatic carbocycles. The first-order valence-corrected chi connectivity index (χ1v) is 28.1. The van der Waals surface area contributed by atoms with E-state index in [1.807, 2.05) is 0 Å². The predicted octanol–water partition coefficient (Wildman–Crippen LogP) is 11.2. The smallest absolute Gasteiger partial charge is 0.249 e. The van der Waals surface area contributed by atoms with Crippen LogP contribution in [-0.2, 0) is 14.3 Å². The van der Waals surface area contributed by atoms with Gasteiger partial charge in [-0.05, 0) is 38.5 Å². The number of rotatable bonds is 48. The highest BCUT2D eigenvalue weighted by atomic mass is 16.7. The minimum atomic E-state index is -1.66. The molecule has 9 unspecified atom stereocenters. The van der Waals surface area contributed by atoms with Crippen LogP contribution < -0.4 is 5.32 Å². The van der Waals surface area contributed by atoms with E-state index in [9.17, 15) is 40.5 Å². The van der Waals surface area contributed by atoms with Gasteiger partial charge >= 0.3 is 0 Å². The number of allylic oxidation sites excluding steroid dienone is 2. The Balaban J connectivity index is 2.34. The third-order valence-corrected chi connectivity index (χ3v) is 13.8. The number of hydrogen-bond acceptors (Lipinski definition) is 10. The van der Waals surface area contributed by atoms with Crippen LogP contribution in [-0.4, -0.2) is 110 Å². The van der Waals surface area contributed by atoms with Crippen molar-refractivity contribution >= 4 is 5.91 Å². The molecule has 0 saturated carbocycles. The molecule has 0 aromatic heterocycles. The van der Waals surface area contributed by atoms with Crippen LogP contribution in [0.15, 0.2) is 12.2 Å². The molecule has 392 valence electrons. The van der Waals surface area contributed by atoms with E-state index in [-0.39, 0.29) is 12.8 Å². The lowest BCUT2D eigenvalue weighted by molar-refractivity contribution is -0.303. The molecule has 11 heteroatoms. The summed E-state index contributed by atoms with van der Waals surface area (Å²) in [6.45, 7) is 3.47. The fourth-order valence-corrected chi connectivity index (χ4v) is 9.21. The van der Waals surface area contributed by atoms with E-state index in [2.05, 4.69) is 31.3 Å². The maximum absolute atomic E-state index is 13.1. The molecule has 1 aliphatic heterocycles. The van der Waals surface area contributed by atoms with Crippen molar-refractivity contribution in [3.8, 4) is 0 Å². The highest BCUT2D eigenvalue weighted by Crippen LogP contribution is 2.23. The van der Waals surface area contributed by atoms with Gasteiger partial charge in [0, 0.05) is 0 Å². The molecule has 0 bridgehead atoms. The van der Waals surface area contributed by atoms with E-state index in [0.717, 1.165) is 38.5 Å². The summed E-state index contributed by atoms with van der Waals surface area (Å²) in [5.74, 6) is -0.702. The zero-order chi connectivity index (χ0) is 48.3. The highest BCUT2D eigenvalue weighted by molar-refractivity contribution is 5.80. The Hall–Kier alpha value is -1.15. The van der Waals surface area contributed by atoms with Crippen LogP contribution in [0, 0.1) is 0 Å². The largest absolute Gasteiger partial charge is 0.394 e. The molecule has 0 aromatic rings. The second-order valence-corrected chi connectivity index (χ2v) is 20.0. The Morgan fingerprint density at radius 2 is 0.894 bits per heavy atom. The molecule has 0 aliphatic carbocycles. The quantitative estimate of drug-likeness (QED) is 0.0215. The van der Waals surface area contributed by atoms with Crippen LogP contribution in [0.3, 0.4) is 0 Å². The first-order valence-electron chi connectivity index (χ1n) is 28.1. The fraction of sp³-hybridized carbons (Fsp3) is 0.945. The van der Waals surface area contributed by atoms with Gasteiger partial charge in [0.05, 0.1) is 25.4 Å². The van der Waals surface area contributed by atoms with Crippen molar-refractivity contribution in [2.75, 3.05) is 13.2 Å². The average Bonchev–Trinajstić information content (AvgIpc) is 3.32. The van der Waals surface area contributed by atoms with E-state index in [4.69, 9.17) is 9.47 Å². The van der Waals surface area contributed by atoms with Crippen molar-refractivity contribution in [1.29, 1.82) is 0 Å². The number of carbonyl (C=O) groups excluding carboxylic acids is 1. The molecular formula is C55H107NO10. The molecule has 1 amide bonds. The van der Waals surface area contributed by atoms with E-state index >= 15 is 0 Å². The van der Waals surface area contributed by atoms with Crippen LogP contribution in [0.5, 0.6) is 0 Å². The Bertz CT molecular complexity index is 1080. The van der Waals surface area contributed by atoms with Crippen molar-refractivity contribution in [2.24, 2.45) is 0 Å². The lowest BCUT2D eigenvalue weighted by atomic mass is 9.98. The first kappa shape index (κ1) is 62.9. The lowest BCUT2D eigenvalue weighted by Crippen LogP contribution is -2.60. The van der Waals surface area contributed by atoms with Crippen molar-refractivity contribution in [3.05, 3.63) is 12.2 Å². The van der Waals surface area contributed by atoms with Gasteiger partial charge in [0.25, 0.3) is 0 Å². The summed E-state index contributed by atoms with van der Waals surface area (Å²) in [6, 6.07) is -1.18. The topological polar surface area (TPSA) is 189 Å². The van der Waals surface area contributed by atoms with Gasteiger partial charge in [-0.3, -0.25) is 4.79 Å². The Morgan fingerprint density at radius 3 is 1.30 bits per heavy atom. The number of amides is 1. The van der Waals surface area contributed by atoms with Gasteiger partial charge in [0.1, 0.15) is 36.6 Å². The van der Waals surface area contributed by atoms with Gasteiger partial charge in [0.15, 0.2) is 6.29 Å². The summed E-state index contributed by atoms with van der Waals surface area (Å²) in [5.41, 5.74) is 0. The number of unbranched alkanes of at least 4 members (excludes halogenated alkanes) is 34. The monoisotopic (exact) mass is 942 g/mol. The number of hydrogen-bond donors (Lipinski definition) is 8.